The standard InChI is InChI=1S/C14H15N5OS/c20-12-11-10(3-4-15-12)18-13(21-11)9-7-16-14(17-8-9)19-5-1-2-6-19/h7-8H,1-6H2,(H,15,20). The van der Waals surface area contributed by atoms with Gasteiger partial charge in [0.15, 0.2) is 0 Å². The number of amides is 1. The number of nitrogens with one attached hydrogen (secondary N) is 1. The minimum Gasteiger partial charge on any atom is -0.351 e. The Hall–Kier alpha value is -2.02. The van der Waals surface area contributed by atoms with E-state index in [4.69, 9.17) is 0 Å². The van der Waals surface area contributed by atoms with Crippen LogP contribution >= 0.6 is 11.3 Å². The number of nitrogens with zero attached hydrogens (tertiary/aromatic N) is 4. The first-order valence-corrected chi connectivity index (χ1v) is 7.98. The van der Waals surface area contributed by atoms with Gasteiger partial charge in [0.25, 0.3) is 5.91 Å². The predicted octanol–water partition coefficient (Wildman–Crippen LogP) is 1.49. The number of anilines is 1. The number of carbonyl (C=O) groups excluding carboxylic acids is 1. The van der Waals surface area contributed by atoms with Crippen LogP contribution < -0.4 is 10.2 Å². The van der Waals surface area contributed by atoms with Crippen LogP contribution in [-0.4, -0.2) is 40.5 Å². The molecule has 0 unspecified atom stereocenters. The minimum atomic E-state index is -0.0189. The molecule has 1 N–H and O–H groups in total. The van der Waals surface area contributed by atoms with Gasteiger partial charge in [0.2, 0.25) is 5.95 Å². The van der Waals surface area contributed by atoms with Crippen molar-refractivity contribution in [1.82, 2.24) is 20.3 Å². The molecule has 7 heteroatoms. The molecule has 2 aromatic rings. The predicted molar refractivity (Wildman–Crippen MR) is 80.6 cm³/mol. The van der Waals surface area contributed by atoms with E-state index in [0.29, 0.717) is 6.54 Å². The first-order chi connectivity index (χ1) is 10.3. The minimum absolute atomic E-state index is 0.0189. The summed E-state index contributed by atoms with van der Waals surface area (Å²) in [6.45, 7) is 2.73. The van der Waals surface area contributed by atoms with Crippen LogP contribution in [0.15, 0.2) is 12.4 Å². The molecule has 0 atom stereocenters. The molecular formula is C14H15N5OS. The number of aromatic nitrogens is 3. The van der Waals surface area contributed by atoms with Gasteiger partial charge >= 0.3 is 0 Å². The third-order valence-electron chi connectivity index (χ3n) is 3.82. The van der Waals surface area contributed by atoms with Crippen molar-refractivity contribution < 1.29 is 4.79 Å². The maximum absolute atomic E-state index is 11.8. The quantitative estimate of drug-likeness (QED) is 0.910. The normalized spacial score (nSPS) is 17.7. The zero-order valence-corrected chi connectivity index (χ0v) is 12.3. The molecule has 4 rings (SSSR count). The number of rotatable bonds is 2. The molecule has 0 aliphatic carbocycles. The second-order valence-corrected chi connectivity index (χ2v) is 6.27. The molecule has 1 fully saturated rings. The molecule has 2 aliphatic heterocycles. The van der Waals surface area contributed by atoms with Crippen LogP contribution in [-0.2, 0) is 6.42 Å². The third kappa shape index (κ3) is 2.27. The molecule has 1 saturated heterocycles. The van der Waals surface area contributed by atoms with Gasteiger partial charge in [-0.3, -0.25) is 4.79 Å². The Morgan fingerprint density at radius 3 is 2.67 bits per heavy atom. The van der Waals surface area contributed by atoms with Crippen LogP contribution in [0.2, 0.25) is 0 Å². The Labute approximate surface area is 126 Å². The third-order valence-corrected chi connectivity index (χ3v) is 4.97. The van der Waals surface area contributed by atoms with Gasteiger partial charge in [0.05, 0.1) is 5.69 Å². The van der Waals surface area contributed by atoms with Gasteiger partial charge in [0.1, 0.15) is 9.88 Å². The van der Waals surface area contributed by atoms with Gasteiger partial charge in [-0.2, -0.15) is 0 Å². The first-order valence-electron chi connectivity index (χ1n) is 7.16. The Kier molecular flexibility index (Phi) is 3.07. The molecular weight excluding hydrogens is 286 g/mol. The number of hydrogen-bond acceptors (Lipinski definition) is 6. The summed E-state index contributed by atoms with van der Waals surface area (Å²) in [4.78, 5) is 28.1. The van der Waals surface area contributed by atoms with Crippen molar-refractivity contribution in [2.24, 2.45) is 0 Å². The monoisotopic (exact) mass is 301 g/mol. The van der Waals surface area contributed by atoms with Crippen molar-refractivity contribution in [2.75, 3.05) is 24.5 Å². The van der Waals surface area contributed by atoms with Crippen molar-refractivity contribution in [3.05, 3.63) is 23.0 Å². The van der Waals surface area contributed by atoms with Gasteiger partial charge in [-0.25, -0.2) is 15.0 Å². The maximum atomic E-state index is 11.8. The summed E-state index contributed by atoms with van der Waals surface area (Å²) >= 11 is 1.42. The molecule has 0 aromatic carbocycles. The Morgan fingerprint density at radius 2 is 1.95 bits per heavy atom. The Bertz CT molecular complexity index is 675. The Balaban J connectivity index is 1.63. The Morgan fingerprint density at radius 1 is 1.19 bits per heavy atom. The van der Waals surface area contributed by atoms with Crippen LogP contribution in [0, 0.1) is 0 Å². The lowest BCUT2D eigenvalue weighted by atomic mass is 10.2. The number of thiazole rings is 1. The van der Waals surface area contributed by atoms with Gasteiger partial charge in [-0.15, -0.1) is 11.3 Å². The van der Waals surface area contributed by atoms with Crippen LogP contribution in [0.25, 0.3) is 10.6 Å². The number of carbonyl (C=O) groups is 1. The summed E-state index contributed by atoms with van der Waals surface area (Å²) in [5.41, 5.74) is 1.77. The molecule has 2 aliphatic rings. The first kappa shape index (κ1) is 12.7. The molecule has 4 heterocycles. The van der Waals surface area contributed by atoms with Crippen molar-refractivity contribution in [3.8, 4) is 10.6 Å². The van der Waals surface area contributed by atoms with Crippen molar-refractivity contribution in [1.29, 1.82) is 0 Å². The van der Waals surface area contributed by atoms with E-state index in [9.17, 15) is 4.79 Å². The summed E-state index contributed by atoms with van der Waals surface area (Å²) in [5, 5.41) is 3.67. The lowest BCUT2D eigenvalue weighted by Gasteiger charge is -2.14. The lowest BCUT2D eigenvalue weighted by Crippen LogP contribution is -2.30. The van der Waals surface area contributed by atoms with Crippen LogP contribution in [0.3, 0.4) is 0 Å². The molecule has 0 radical (unpaired) electrons. The highest BCUT2D eigenvalue weighted by molar-refractivity contribution is 7.17. The van der Waals surface area contributed by atoms with Gasteiger partial charge in [0, 0.05) is 44.0 Å². The van der Waals surface area contributed by atoms with Crippen LogP contribution in [0.1, 0.15) is 28.2 Å². The fourth-order valence-corrected chi connectivity index (χ4v) is 3.71. The largest absolute Gasteiger partial charge is 0.351 e. The van der Waals surface area contributed by atoms with Gasteiger partial charge < -0.3 is 10.2 Å². The van der Waals surface area contributed by atoms with Crippen molar-refractivity contribution >= 4 is 23.2 Å². The highest BCUT2D eigenvalue weighted by Crippen LogP contribution is 2.29. The molecule has 2 aromatic heterocycles. The summed E-state index contributed by atoms with van der Waals surface area (Å²) < 4.78 is 0. The van der Waals surface area contributed by atoms with Crippen LogP contribution in [0.4, 0.5) is 5.95 Å². The second kappa shape index (κ2) is 5.07. The lowest BCUT2D eigenvalue weighted by molar-refractivity contribution is 0.0950. The topological polar surface area (TPSA) is 71.0 Å². The molecule has 0 spiro atoms. The maximum Gasteiger partial charge on any atom is 0.263 e. The fraction of sp³-hybridized carbons (Fsp3) is 0.429. The van der Waals surface area contributed by atoms with E-state index >= 15 is 0 Å². The van der Waals surface area contributed by atoms with Gasteiger partial charge in [-0.05, 0) is 12.8 Å². The van der Waals surface area contributed by atoms with E-state index in [2.05, 4.69) is 25.2 Å². The van der Waals surface area contributed by atoms with E-state index in [1.54, 1.807) is 0 Å². The summed E-state index contributed by atoms with van der Waals surface area (Å²) in [6, 6.07) is 0. The highest BCUT2D eigenvalue weighted by atomic mass is 32.1. The molecule has 1 amide bonds. The molecule has 21 heavy (non-hydrogen) atoms. The van der Waals surface area contributed by atoms with E-state index in [1.807, 2.05) is 12.4 Å². The van der Waals surface area contributed by atoms with E-state index in [-0.39, 0.29) is 5.91 Å². The summed E-state index contributed by atoms with van der Waals surface area (Å²) in [7, 11) is 0. The second-order valence-electron chi connectivity index (χ2n) is 5.27. The summed E-state index contributed by atoms with van der Waals surface area (Å²) in [5.74, 6) is 0.768. The molecule has 0 bridgehead atoms. The van der Waals surface area contributed by atoms with Gasteiger partial charge in [-0.1, -0.05) is 0 Å². The fourth-order valence-electron chi connectivity index (χ4n) is 2.71. The van der Waals surface area contributed by atoms with Crippen molar-refractivity contribution in [3.63, 3.8) is 0 Å². The average Bonchev–Trinajstić information content (AvgIpc) is 3.18. The molecule has 108 valence electrons. The zero-order chi connectivity index (χ0) is 14.2. The van der Waals surface area contributed by atoms with E-state index < -0.39 is 0 Å². The SMILES string of the molecule is O=C1NCCc2nc(-c3cnc(N4CCCC4)nc3)sc21. The highest BCUT2D eigenvalue weighted by Gasteiger charge is 2.22. The van der Waals surface area contributed by atoms with E-state index in [0.717, 1.165) is 46.6 Å². The number of fused-ring (bicyclic) bond motifs is 1. The molecule has 6 nitrogen and oxygen atoms in total. The summed E-state index contributed by atoms with van der Waals surface area (Å²) in [6.07, 6.45) is 6.83. The van der Waals surface area contributed by atoms with Crippen molar-refractivity contribution in [2.45, 2.75) is 19.3 Å². The molecule has 0 saturated carbocycles. The van der Waals surface area contributed by atoms with E-state index in [1.165, 1.54) is 24.2 Å². The average molecular weight is 301 g/mol. The van der Waals surface area contributed by atoms with Crippen LogP contribution in [0.5, 0.6) is 0 Å². The smallest absolute Gasteiger partial charge is 0.263 e. The zero-order valence-electron chi connectivity index (χ0n) is 11.5. The number of hydrogen-bond donors (Lipinski definition) is 1.